The largest absolute Gasteiger partial charge is 0.106 e. The third-order valence-corrected chi connectivity index (χ3v) is 2.76. The Bertz CT molecular complexity index is 370. The van der Waals surface area contributed by atoms with Crippen molar-refractivity contribution in [2.45, 2.75) is 54.4 Å². The molecule has 0 aliphatic heterocycles. The molecule has 0 atom stereocenters. The van der Waals surface area contributed by atoms with Crippen LogP contribution in [0.25, 0.3) is 5.57 Å². The van der Waals surface area contributed by atoms with Gasteiger partial charge in [-0.1, -0.05) is 52.0 Å². The van der Waals surface area contributed by atoms with Crippen molar-refractivity contribution in [3.63, 3.8) is 0 Å². The topological polar surface area (TPSA) is 0 Å². The van der Waals surface area contributed by atoms with Gasteiger partial charge in [0.15, 0.2) is 0 Å². The van der Waals surface area contributed by atoms with Crippen molar-refractivity contribution in [1.29, 1.82) is 0 Å². The van der Waals surface area contributed by atoms with E-state index in [1.165, 1.54) is 27.8 Å². The van der Waals surface area contributed by atoms with Crippen LogP contribution in [0.4, 0.5) is 0 Å². The summed E-state index contributed by atoms with van der Waals surface area (Å²) in [6, 6.07) is 4.44. The summed E-state index contributed by atoms with van der Waals surface area (Å²) >= 11 is 0. The molecule has 0 heteroatoms. The molecule has 0 radical (unpaired) electrons. The Kier molecular flexibility index (Phi) is 10.3. The van der Waals surface area contributed by atoms with Crippen molar-refractivity contribution in [1.82, 2.24) is 0 Å². The van der Waals surface area contributed by atoms with Gasteiger partial charge in [-0.3, -0.25) is 0 Å². The lowest BCUT2D eigenvalue weighted by molar-refractivity contribution is 0.854. The van der Waals surface area contributed by atoms with E-state index in [1.54, 1.807) is 0 Å². The van der Waals surface area contributed by atoms with E-state index in [2.05, 4.69) is 66.5 Å². The first-order valence-corrected chi connectivity index (χ1v) is 6.71. The summed E-state index contributed by atoms with van der Waals surface area (Å²) in [7, 11) is 0. The molecule has 0 bridgehead atoms. The first-order valence-electron chi connectivity index (χ1n) is 6.71. The van der Waals surface area contributed by atoms with Crippen LogP contribution in [0.5, 0.6) is 0 Å². The Hall–Kier alpha value is -1.30. The zero-order valence-corrected chi connectivity index (χ0v) is 13.4. The monoisotopic (exact) mass is 246 g/mol. The fourth-order valence-corrected chi connectivity index (χ4v) is 2.15. The molecule has 0 heterocycles. The van der Waals surface area contributed by atoms with Crippen LogP contribution in [0.2, 0.25) is 0 Å². The molecule has 0 N–H and O–H groups in total. The van der Waals surface area contributed by atoms with E-state index >= 15 is 0 Å². The second-order valence-corrected chi connectivity index (χ2v) is 4.41. The van der Waals surface area contributed by atoms with Crippen LogP contribution in [0.3, 0.4) is 0 Å². The first kappa shape index (κ1) is 19.0. The van der Waals surface area contributed by atoms with Crippen LogP contribution in [0.15, 0.2) is 31.9 Å². The summed E-state index contributed by atoms with van der Waals surface area (Å²) in [5.41, 5.74) is 6.68. The lowest BCUT2D eigenvalue weighted by Gasteiger charge is -2.16. The van der Waals surface area contributed by atoms with Crippen molar-refractivity contribution in [2.75, 3.05) is 0 Å². The van der Waals surface area contributed by atoms with Crippen LogP contribution >= 0.6 is 0 Å². The van der Waals surface area contributed by atoms with E-state index in [0.29, 0.717) is 5.92 Å². The summed E-state index contributed by atoms with van der Waals surface area (Å²) in [5, 5.41) is 0. The minimum atomic E-state index is 0.591. The van der Waals surface area contributed by atoms with E-state index in [0.717, 1.165) is 0 Å². The van der Waals surface area contributed by atoms with Crippen LogP contribution in [-0.4, -0.2) is 0 Å². The van der Waals surface area contributed by atoms with Crippen LogP contribution in [0, 0.1) is 13.8 Å². The maximum atomic E-state index is 4.05. The van der Waals surface area contributed by atoms with Crippen molar-refractivity contribution in [2.24, 2.45) is 0 Å². The quantitative estimate of drug-likeness (QED) is 0.538. The molecule has 18 heavy (non-hydrogen) atoms. The van der Waals surface area contributed by atoms with Gasteiger partial charge >= 0.3 is 0 Å². The fourth-order valence-electron chi connectivity index (χ4n) is 2.15. The van der Waals surface area contributed by atoms with E-state index < -0.39 is 0 Å². The predicted octanol–water partition coefficient (Wildman–Crippen LogP) is 6.29. The highest BCUT2D eigenvalue weighted by molar-refractivity contribution is 5.68. The normalized spacial score (nSPS) is 8.89. The molecule has 1 rings (SSSR count). The molecular weight excluding hydrogens is 216 g/mol. The van der Waals surface area contributed by atoms with Gasteiger partial charge in [0.1, 0.15) is 0 Å². The maximum absolute atomic E-state index is 4.05. The van der Waals surface area contributed by atoms with Gasteiger partial charge < -0.3 is 0 Å². The minimum Gasteiger partial charge on any atom is -0.106 e. The van der Waals surface area contributed by atoms with E-state index in [-0.39, 0.29) is 0 Å². The predicted molar refractivity (Wildman–Crippen MR) is 87.3 cm³/mol. The Labute approximate surface area is 114 Å². The third kappa shape index (κ3) is 4.91. The Balaban J connectivity index is 0. The van der Waals surface area contributed by atoms with E-state index in [9.17, 15) is 0 Å². The second kappa shape index (κ2) is 9.70. The lowest BCUT2D eigenvalue weighted by Crippen LogP contribution is -1.98. The van der Waals surface area contributed by atoms with Crippen molar-refractivity contribution in [3.8, 4) is 0 Å². The number of hydrogen-bond acceptors (Lipinski definition) is 0. The van der Waals surface area contributed by atoms with Crippen molar-refractivity contribution in [3.05, 3.63) is 54.1 Å². The fraction of sp³-hybridized carbons (Fsp3) is 0.444. The molecule has 0 saturated heterocycles. The van der Waals surface area contributed by atoms with Crippen molar-refractivity contribution >= 4 is 5.57 Å². The van der Waals surface area contributed by atoms with Gasteiger partial charge in [-0.25, -0.2) is 0 Å². The van der Waals surface area contributed by atoms with Gasteiger partial charge in [-0.15, -0.1) is 13.2 Å². The number of aryl methyl sites for hydroxylation is 1. The Morgan fingerprint density at radius 3 is 1.83 bits per heavy atom. The molecule has 1 aromatic rings. The summed E-state index contributed by atoms with van der Waals surface area (Å²) in [6.07, 6.45) is 0. The highest BCUT2D eigenvalue weighted by Crippen LogP contribution is 2.28. The first-order chi connectivity index (χ1) is 8.45. The molecule has 0 saturated carbocycles. The van der Waals surface area contributed by atoms with Gasteiger partial charge in [0.05, 0.1) is 0 Å². The van der Waals surface area contributed by atoms with E-state index in [1.807, 2.05) is 13.8 Å². The Morgan fingerprint density at radius 2 is 1.50 bits per heavy atom. The van der Waals surface area contributed by atoms with Gasteiger partial charge in [0.25, 0.3) is 0 Å². The molecule has 0 aliphatic carbocycles. The molecule has 0 spiro atoms. The zero-order chi connectivity index (χ0) is 14.9. The standard InChI is InChI=1S/C14H20.C2H6.C2H4/c1-9(2)13-8-7-11(5)14(10(3)4)12(13)6;2*1-2/h7-9H,3H2,1-2,4-6H3;1-2H3;1-2H2. The molecule has 0 amide bonds. The number of allylic oxidation sites excluding steroid dienone is 1. The number of benzene rings is 1. The highest BCUT2D eigenvalue weighted by atomic mass is 14.1. The molecule has 0 nitrogen and oxygen atoms in total. The smallest absolute Gasteiger partial charge is 0.0172 e. The molecular formula is C18H30. The van der Waals surface area contributed by atoms with Gasteiger partial charge in [0.2, 0.25) is 0 Å². The summed E-state index contributed by atoms with van der Waals surface area (Å²) in [5.74, 6) is 0.591. The highest BCUT2D eigenvalue weighted by Gasteiger charge is 2.09. The van der Waals surface area contributed by atoms with Crippen molar-refractivity contribution < 1.29 is 0 Å². The zero-order valence-electron chi connectivity index (χ0n) is 13.4. The summed E-state index contributed by atoms with van der Waals surface area (Å²) in [6.45, 7) is 25.0. The SMILES string of the molecule is C=C.C=C(C)c1c(C)ccc(C(C)C)c1C.CC. The summed E-state index contributed by atoms with van der Waals surface area (Å²) < 4.78 is 0. The Morgan fingerprint density at radius 1 is 1.06 bits per heavy atom. The van der Waals surface area contributed by atoms with Crippen LogP contribution in [-0.2, 0) is 0 Å². The molecule has 0 fully saturated rings. The van der Waals surface area contributed by atoms with Crippen LogP contribution < -0.4 is 0 Å². The maximum Gasteiger partial charge on any atom is -0.0172 e. The average molecular weight is 246 g/mol. The van der Waals surface area contributed by atoms with Gasteiger partial charge in [-0.05, 0) is 48.9 Å². The number of hydrogen-bond donors (Lipinski definition) is 0. The van der Waals surface area contributed by atoms with Gasteiger partial charge in [0, 0.05) is 0 Å². The second-order valence-electron chi connectivity index (χ2n) is 4.41. The molecule has 1 aromatic carbocycles. The minimum absolute atomic E-state index is 0.591. The average Bonchev–Trinajstić information content (AvgIpc) is 2.33. The third-order valence-electron chi connectivity index (χ3n) is 2.76. The molecule has 0 aromatic heterocycles. The van der Waals surface area contributed by atoms with Gasteiger partial charge in [-0.2, -0.15) is 0 Å². The number of rotatable bonds is 2. The lowest BCUT2D eigenvalue weighted by atomic mass is 9.89. The van der Waals surface area contributed by atoms with Crippen LogP contribution in [0.1, 0.15) is 62.8 Å². The molecule has 102 valence electrons. The molecule has 0 aliphatic rings. The molecule has 0 unspecified atom stereocenters. The van der Waals surface area contributed by atoms with E-state index in [4.69, 9.17) is 0 Å². The summed E-state index contributed by atoms with van der Waals surface area (Å²) in [4.78, 5) is 0.